The number of guanidine groups is 2. The van der Waals surface area contributed by atoms with Crippen molar-refractivity contribution in [3.8, 4) is 28.7 Å². The number of carbonyl (C=O) groups excluding carboxylic acids is 13. The Bertz CT molecular complexity index is 4450. The SMILES string of the molecule is CCC(=O)NCCC(=O)N[C@@H](CCCN=C(N)N)C(=O)N[C@@H](CCCN=C(N)N)C(=O)N[C@@H](CCSC)C(=O)N[C@@H](CCCCN)C(=O)N[C@@H](Cc1c[nH]c2ccccc12)C(=O)N[C@@H](CCCCN)C(=O)N[C@@H](CCCCN)C(N)=O.COc1cc([C@@H]2c3cc4c(cc3[C@H](OC(=O)CCN3C(=O)CC(SC[C@@H](C)N)C3=O)[C@H]3COC(=O)[C@H]23)OCO4)cc(OC)c1OC. The number of likely N-dealkylation sites (tertiary alicyclic amines) is 1. The van der Waals surface area contributed by atoms with Crippen molar-refractivity contribution in [3.63, 3.8) is 0 Å². The number of fused-ring (bicyclic) bond motifs is 4. The molecule has 4 aliphatic rings. The number of thioether (sulfide) groups is 2. The number of amides is 11. The summed E-state index contributed by atoms with van der Waals surface area (Å²) < 4.78 is 39.7. The number of aromatic amines is 1. The van der Waals surface area contributed by atoms with Crippen molar-refractivity contribution in [2.45, 2.75) is 201 Å². The number of carbonyl (C=O) groups is 13. The number of hydrogen-bond acceptors (Lipinski definition) is 28. The van der Waals surface area contributed by atoms with Crippen LogP contribution in [0.1, 0.15) is 164 Å². The third-order valence-electron chi connectivity index (χ3n) is 21.6. The van der Waals surface area contributed by atoms with Gasteiger partial charge in [-0.25, -0.2) is 0 Å². The van der Waals surface area contributed by atoms with Gasteiger partial charge in [0.1, 0.15) is 48.4 Å². The van der Waals surface area contributed by atoms with Gasteiger partial charge in [0.05, 0.1) is 45.5 Å². The van der Waals surface area contributed by atoms with E-state index in [1.54, 1.807) is 43.6 Å². The van der Waals surface area contributed by atoms with Crippen LogP contribution in [0.3, 0.4) is 0 Å². The van der Waals surface area contributed by atoms with Crippen LogP contribution >= 0.6 is 23.5 Å². The Balaban J connectivity index is 0.000000401. The number of H-pyrrole nitrogens is 1. The zero-order valence-electron chi connectivity index (χ0n) is 72.9. The van der Waals surface area contributed by atoms with E-state index in [1.807, 2.05) is 31.2 Å². The lowest BCUT2D eigenvalue weighted by atomic mass is 9.66. The lowest BCUT2D eigenvalue weighted by molar-refractivity contribution is -0.155. The van der Waals surface area contributed by atoms with Gasteiger partial charge in [0.15, 0.2) is 34.9 Å². The number of nitrogens with one attached hydrogen (secondary N) is 9. The summed E-state index contributed by atoms with van der Waals surface area (Å²) in [5.74, 6) is -6.75. The van der Waals surface area contributed by atoms with Gasteiger partial charge in [-0.3, -0.25) is 77.2 Å². The zero-order chi connectivity index (χ0) is 92.8. The van der Waals surface area contributed by atoms with Crippen LogP contribution in [0.5, 0.6) is 28.7 Å². The highest BCUT2D eigenvalue weighted by Crippen LogP contribution is 2.57. The summed E-state index contributed by atoms with van der Waals surface area (Å²) in [6.45, 7) is 4.61. The molecule has 43 heteroatoms. The monoisotopic (exact) mass is 1810 g/mol. The fourth-order valence-corrected chi connectivity index (χ4v) is 16.6. The van der Waals surface area contributed by atoms with Gasteiger partial charge >= 0.3 is 11.9 Å². The molecule has 700 valence electrons. The van der Waals surface area contributed by atoms with Crippen LogP contribution in [0.4, 0.5) is 0 Å². The Labute approximate surface area is 746 Å². The van der Waals surface area contributed by atoms with Gasteiger partial charge in [-0.15, -0.1) is 11.8 Å². The van der Waals surface area contributed by atoms with Crippen LogP contribution in [-0.2, 0) is 78.2 Å². The molecule has 11 amide bonds. The molecule has 1 aliphatic carbocycles. The molecule has 0 bridgehead atoms. The molecule has 4 aromatic rings. The molecule has 0 saturated carbocycles. The second kappa shape index (κ2) is 52.6. The van der Waals surface area contributed by atoms with Gasteiger partial charge in [-0.2, -0.15) is 11.8 Å². The minimum absolute atomic E-state index is 0.0149. The minimum atomic E-state index is -1.33. The van der Waals surface area contributed by atoms with Gasteiger partial charge in [-0.05, 0) is 175 Å². The lowest BCUT2D eigenvalue weighted by Crippen LogP contribution is -2.60. The van der Waals surface area contributed by atoms with Crippen LogP contribution < -0.4 is 118 Å². The molecule has 1 unspecified atom stereocenters. The Morgan fingerprint density at radius 1 is 0.606 bits per heavy atom. The predicted molar refractivity (Wildman–Crippen MR) is 477 cm³/mol. The average Bonchev–Trinajstić information content (AvgIpc) is 1.65. The number of nitrogens with two attached hydrogens (primary N) is 9. The number of primary amides is 1. The van der Waals surface area contributed by atoms with E-state index in [0.29, 0.717) is 114 Å². The fraction of sp³-hybridized carbons (Fsp3) is 0.583. The first-order valence-corrected chi connectivity index (χ1v) is 45.1. The van der Waals surface area contributed by atoms with Gasteiger partial charge in [-0.1, -0.05) is 25.1 Å². The van der Waals surface area contributed by atoms with Crippen molar-refractivity contribution in [2.24, 2.45) is 73.4 Å². The molecule has 2 saturated heterocycles. The summed E-state index contributed by atoms with van der Waals surface area (Å²) in [6, 6.07) is 5.83. The summed E-state index contributed by atoms with van der Waals surface area (Å²) in [5, 5.41) is 22.1. The van der Waals surface area contributed by atoms with Gasteiger partial charge in [0, 0.05) is 98.2 Å². The van der Waals surface area contributed by atoms with E-state index < -0.39 is 131 Å². The first-order chi connectivity index (χ1) is 60.9. The van der Waals surface area contributed by atoms with Crippen LogP contribution in [0.15, 0.2) is 64.7 Å². The molecular weight excluding hydrogens is 1690 g/mol. The van der Waals surface area contributed by atoms with Crippen molar-refractivity contribution >= 4 is 123 Å². The number of imide groups is 1. The first kappa shape index (κ1) is 103. The van der Waals surface area contributed by atoms with Gasteiger partial charge in [0.2, 0.25) is 77.5 Å². The van der Waals surface area contributed by atoms with E-state index in [0.717, 1.165) is 15.8 Å². The average molecular weight is 1820 g/mol. The van der Waals surface area contributed by atoms with E-state index in [2.05, 4.69) is 57.5 Å². The molecule has 8 rings (SSSR count). The normalized spacial score (nSPS) is 17.8. The molecular formula is C84H127N21O20S2. The van der Waals surface area contributed by atoms with Crippen LogP contribution in [0.25, 0.3) is 10.9 Å². The molecule has 41 nitrogen and oxygen atoms in total. The van der Waals surface area contributed by atoms with E-state index in [-0.39, 0.29) is 165 Å². The highest BCUT2D eigenvalue weighted by atomic mass is 32.2. The second-order valence-electron chi connectivity index (χ2n) is 31.1. The number of unbranched alkanes of at least 4 members (excludes halogenated alkanes) is 3. The summed E-state index contributed by atoms with van der Waals surface area (Å²) in [7, 11) is 4.53. The number of esters is 2. The Morgan fingerprint density at radius 2 is 1.11 bits per heavy atom. The molecule has 27 N–H and O–H groups in total. The van der Waals surface area contributed by atoms with Gasteiger partial charge < -0.3 is 132 Å². The Hall–Kier alpha value is -11.4. The molecule has 13 atom stereocenters. The first-order valence-electron chi connectivity index (χ1n) is 42.7. The number of nitrogens with zero attached hydrogens (tertiary/aromatic N) is 3. The predicted octanol–water partition coefficient (Wildman–Crippen LogP) is -0.689. The number of aromatic nitrogens is 1. The molecule has 0 spiro atoms. The van der Waals surface area contributed by atoms with Gasteiger partial charge in [0.25, 0.3) is 0 Å². The van der Waals surface area contributed by atoms with E-state index >= 15 is 0 Å². The van der Waals surface area contributed by atoms with Crippen molar-refractivity contribution < 1.29 is 95.5 Å². The summed E-state index contributed by atoms with van der Waals surface area (Å²) in [6.07, 6.45) is 6.36. The number of ether oxygens (including phenoxy) is 7. The molecule has 3 aliphatic heterocycles. The maximum Gasteiger partial charge on any atom is 0.310 e. The quantitative estimate of drug-likeness (QED) is 0.00855. The maximum atomic E-state index is 14.7. The van der Waals surface area contributed by atoms with Crippen molar-refractivity contribution in [3.05, 3.63) is 77.0 Å². The maximum absolute atomic E-state index is 14.7. The largest absolute Gasteiger partial charge is 0.493 e. The minimum Gasteiger partial charge on any atom is -0.493 e. The fourth-order valence-electron chi connectivity index (χ4n) is 15.1. The molecule has 2 fully saturated rings. The summed E-state index contributed by atoms with van der Waals surface area (Å²) >= 11 is 2.73. The molecule has 0 radical (unpaired) electrons. The van der Waals surface area contributed by atoms with E-state index in [4.69, 9.17) is 84.8 Å². The van der Waals surface area contributed by atoms with Crippen molar-refractivity contribution in [1.82, 2.24) is 52.4 Å². The third kappa shape index (κ3) is 31.0. The van der Waals surface area contributed by atoms with Crippen LogP contribution in [-0.4, -0.2) is 251 Å². The molecule has 127 heavy (non-hydrogen) atoms. The lowest BCUT2D eigenvalue weighted by Gasteiger charge is -2.38. The smallest absolute Gasteiger partial charge is 0.310 e. The highest BCUT2D eigenvalue weighted by Gasteiger charge is 2.55. The summed E-state index contributed by atoms with van der Waals surface area (Å²) in [4.78, 5) is 188. The third-order valence-corrected chi connectivity index (χ3v) is 23.8. The Kier molecular flexibility index (Phi) is 42.6. The number of rotatable bonds is 54. The van der Waals surface area contributed by atoms with Crippen molar-refractivity contribution in [2.75, 3.05) is 98.3 Å². The number of aliphatic imine (C=N–C) groups is 2. The van der Waals surface area contributed by atoms with Crippen molar-refractivity contribution in [1.29, 1.82) is 0 Å². The number of cyclic esters (lactones) is 1. The van der Waals surface area contributed by atoms with E-state index in [1.165, 1.54) is 44.9 Å². The Morgan fingerprint density at radius 3 is 1.62 bits per heavy atom. The van der Waals surface area contributed by atoms with E-state index in [9.17, 15) is 62.3 Å². The second-order valence-corrected chi connectivity index (χ2v) is 33.3. The number of hydrogen-bond donors (Lipinski definition) is 18. The molecule has 3 aromatic carbocycles. The summed E-state index contributed by atoms with van der Waals surface area (Å²) in [5.41, 5.74) is 54.3. The number of benzene rings is 3. The molecule has 1 aromatic heterocycles. The van der Waals surface area contributed by atoms with Crippen LogP contribution in [0.2, 0.25) is 0 Å². The highest BCUT2D eigenvalue weighted by molar-refractivity contribution is 8.00. The molecule has 4 heterocycles. The number of methoxy groups -OCH3 is 3. The zero-order valence-corrected chi connectivity index (χ0v) is 74.6. The van der Waals surface area contributed by atoms with Crippen LogP contribution in [0, 0.1) is 11.8 Å². The topological polar surface area (TPSA) is 661 Å². The standard InChI is InChI=1S/C52H91N19O9S.C32H36N2O11S/c1-3-42(72)61-28-21-43(73)65-36(19-12-26-62-51(57)58)45(75)68-39(20-13-27-63-52(59)60)47(77)70-40(22-29-81-2)49(79)67-38(18-8-11-25-55)48(78)71-41(30-32-31-64-34-15-5-4-14-33(32)34)50(80)69-37(17-7-10-24-54)46(76)66-35(44(56)74)16-6-9-23-53;1-15(33)13-46-24-11-25(35)34(31(24)37)6-5-26(36)45-29-18-10-21-20(43-14-44-21)9-17(18)27(28-19(29)12-42-32(28)38)16-7-22(39-2)30(41-4)23(8-16)40-3/h4-5,14-15,31,35-41,64H,3,6-13,16-30,53-55H2,1-2H3,(H2,56,74)(H,61,72)(H,65,73)(H,66,76)(H,67,79)(H,68,75)(H,69,80)(H,70,77)(H,71,78)(H4,57,58,62)(H4,59,60,63);7-10,15,19,24,27-29H,5-6,11-14,33H2,1-4H3/t35-,36-,37-,38-,39-,40-,41-;15-,19+,24?,27-,28+,29+/m01/s1. The number of para-hydroxylation sites is 1.